The van der Waals surface area contributed by atoms with Gasteiger partial charge in [-0.25, -0.2) is 0 Å². The van der Waals surface area contributed by atoms with E-state index in [-0.39, 0.29) is 6.04 Å². The van der Waals surface area contributed by atoms with Gasteiger partial charge in [-0.15, -0.1) is 0 Å². The van der Waals surface area contributed by atoms with Gasteiger partial charge in [0.15, 0.2) is 0 Å². The fraction of sp³-hybridized carbons (Fsp3) is 0.316. The molecular formula is C19H22N6. The van der Waals surface area contributed by atoms with Gasteiger partial charge in [-0.1, -0.05) is 54.0 Å². The monoisotopic (exact) mass is 334 g/mol. The first-order valence-electron chi connectivity index (χ1n) is 8.76. The zero-order valence-corrected chi connectivity index (χ0v) is 14.1. The highest BCUT2D eigenvalue weighted by atomic mass is 15.6. The van der Waals surface area contributed by atoms with Crippen molar-refractivity contribution in [3.05, 3.63) is 54.6 Å². The first-order valence-corrected chi connectivity index (χ1v) is 8.76. The van der Waals surface area contributed by atoms with Crippen molar-refractivity contribution in [3.8, 4) is 16.8 Å². The highest BCUT2D eigenvalue weighted by Gasteiger charge is 2.21. The summed E-state index contributed by atoms with van der Waals surface area (Å²) in [6, 6.07) is 18.8. The third kappa shape index (κ3) is 3.39. The van der Waals surface area contributed by atoms with E-state index in [1.54, 1.807) is 4.68 Å². The molecule has 128 valence electrons. The first kappa shape index (κ1) is 15.8. The zero-order chi connectivity index (χ0) is 17.1. The summed E-state index contributed by atoms with van der Waals surface area (Å²) in [4.78, 5) is 2.20. The number of nitrogens with zero attached hydrogens (tertiary/aromatic N) is 5. The summed E-state index contributed by atoms with van der Waals surface area (Å²) in [5.41, 5.74) is 9.52. The highest BCUT2D eigenvalue weighted by molar-refractivity contribution is 5.64. The Kier molecular flexibility index (Phi) is 4.43. The van der Waals surface area contributed by atoms with E-state index in [1.807, 2.05) is 18.2 Å². The molecular weight excluding hydrogens is 312 g/mol. The molecule has 0 spiro atoms. The van der Waals surface area contributed by atoms with Crippen LogP contribution in [0.25, 0.3) is 16.8 Å². The normalized spacial score (nSPS) is 18.1. The van der Waals surface area contributed by atoms with Crippen LogP contribution >= 0.6 is 0 Å². The minimum atomic E-state index is 0.174. The van der Waals surface area contributed by atoms with E-state index in [1.165, 1.54) is 11.1 Å². The maximum Gasteiger partial charge on any atom is 0.250 e. The molecule has 1 aliphatic rings. The van der Waals surface area contributed by atoms with Crippen LogP contribution in [0.3, 0.4) is 0 Å². The van der Waals surface area contributed by atoms with Crippen molar-refractivity contribution in [3.63, 3.8) is 0 Å². The Hall–Kier alpha value is -2.73. The Morgan fingerprint density at radius 2 is 1.68 bits per heavy atom. The van der Waals surface area contributed by atoms with Crippen LogP contribution in [0.15, 0.2) is 54.6 Å². The second-order valence-corrected chi connectivity index (χ2v) is 6.51. The number of nitrogens with two attached hydrogens (primary N) is 1. The van der Waals surface area contributed by atoms with Crippen LogP contribution in [-0.4, -0.2) is 39.3 Å². The van der Waals surface area contributed by atoms with E-state index >= 15 is 0 Å². The zero-order valence-electron chi connectivity index (χ0n) is 14.1. The van der Waals surface area contributed by atoms with Gasteiger partial charge in [0.2, 0.25) is 5.95 Å². The molecule has 25 heavy (non-hydrogen) atoms. The van der Waals surface area contributed by atoms with Crippen molar-refractivity contribution < 1.29 is 0 Å². The molecule has 1 atom stereocenters. The van der Waals surface area contributed by atoms with Gasteiger partial charge < -0.3 is 10.6 Å². The minimum Gasteiger partial charge on any atom is -0.338 e. The van der Waals surface area contributed by atoms with Gasteiger partial charge in [0.1, 0.15) is 0 Å². The standard InChI is InChI=1S/C19H22N6/c20-17-8-4-5-13-24(14-17)19-21-22-23-25(19)18-11-9-16(10-12-18)15-6-2-1-3-7-15/h1-3,6-7,9-12,17H,4-5,8,13-14,20H2/t17-/m1/s1. The molecule has 0 bridgehead atoms. The topological polar surface area (TPSA) is 72.9 Å². The van der Waals surface area contributed by atoms with Crippen molar-refractivity contribution in [2.45, 2.75) is 25.3 Å². The van der Waals surface area contributed by atoms with Crippen LogP contribution in [-0.2, 0) is 0 Å². The molecule has 0 unspecified atom stereocenters. The lowest BCUT2D eigenvalue weighted by Crippen LogP contribution is -2.37. The van der Waals surface area contributed by atoms with Crippen LogP contribution in [0.5, 0.6) is 0 Å². The third-order valence-corrected chi connectivity index (χ3v) is 4.66. The second-order valence-electron chi connectivity index (χ2n) is 6.51. The summed E-state index contributed by atoms with van der Waals surface area (Å²) < 4.78 is 1.80. The Morgan fingerprint density at radius 1 is 0.920 bits per heavy atom. The fourth-order valence-corrected chi connectivity index (χ4v) is 3.33. The Labute approximate surface area is 147 Å². The van der Waals surface area contributed by atoms with Gasteiger partial charge in [0.05, 0.1) is 5.69 Å². The minimum absolute atomic E-state index is 0.174. The molecule has 2 aromatic carbocycles. The van der Waals surface area contributed by atoms with E-state index in [4.69, 9.17) is 5.73 Å². The molecule has 0 saturated carbocycles. The molecule has 0 radical (unpaired) electrons. The van der Waals surface area contributed by atoms with Gasteiger partial charge in [0.25, 0.3) is 0 Å². The molecule has 2 heterocycles. The number of anilines is 1. The van der Waals surface area contributed by atoms with Crippen molar-refractivity contribution in [1.82, 2.24) is 20.2 Å². The molecule has 1 aromatic heterocycles. The van der Waals surface area contributed by atoms with Crippen LogP contribution in [0.4, 0.5) is 5.95 Å². The van der Waals surface area contributed by atoms with Crippen LogP contribution < -0.4 is 10.6 Å². The van der Waals surface area contributed by atoms with E-state index < -0.39 is 0 Å². The lowest BCUT2D eigenvalue weighted by molar-refractivity contribution is 0.616. The first-order chi connectivity index (χ1) is 12.3. The maximum absolute atomic E-state index is 6.18. The number of benzene rings is 2. The Balaban J connectivity index is 1.61. The summed E-state index contributed by atoms with van der Waals surface area (Å²) >= 11 is 0. The maximum atomic E-state index is 6.18. The van der Waals surface area contributed by atoms with Crippen molar-refractivity contribution in [2.75, 3.05) is 18.0 Å². The lowest BCUT2D eigenvalue weighted by Gasteiger charge is -2.22. The van der Waals surface area contributed by atoms with Crippen LogP contribution in [0.2, 0.25) is 0 Å². The van der Waals surface area contributed by atoms with Crippen LogP contribution in [0, 0.1) is 0 Å². The van der Waals surface area contributed by atoms with Crippen molar-refractivity contribution in [1.29, 1.82) is 0 Å². The highest BCUT2D eigenvalue weighted by Crippen LogP contribution is 2.23. The molecule has 1 aliphatic heterocycles. The average Bonchev–Trinajstić information content (AvgIpc) is 3.05. The van der Waals surface area contributed by atoms with Gasteiger partial charge in [-0.05, 0) is 46.5 Å². The summed E-state index contributed by atoms with van der Waals surface area (Å²) in [5.74, 6) is 0.768. The summed E-state index contributed by atoms with van der Waals surface area (Å²) in [5, 5.41) is 12.3. The van der Waals surface area contributed by atoms with Gasteiger partial charge in [0, 0.05) is 19.1 Å². The van der Waals surface area contributed by atoms with Gasteiger partial charge in [-0.2, -0.15) is 4.68 Å². The molecule has 1 fully saturated rings. The van der Waals surface area contributed by atoms with Gasteiger partial charge >= 0.3 is 0 Å². The smallest absolute Gasteiger partial charge is 0.250 e. The number of hydrogen-bond acceptors (Lipinski definition) is 5. The molecule has 0 amide bonds. The third-order valence-electron chi connectivity index (χ3n) is 4.66. The predicted octanol–water partition coefficient (Wildman–Crippen LogP) is 2.65. The van der Waals surface area contributed by atoms with Crippen LogP contribution in [0.1, 0.15) is 19.3 Å². The summed E-state index contributed by atoms with van der Waals surface area (Å²) in [6.07, 6.45) is 3.34. The van der Waals surface area contributed by atoms with Gasteiger partial charge in [-0.3, -0.25) is 0 Å². The molecule has 3 aromatic rings. The quantitative estimate of drug-likeness (QED) is 0.797. The molecule has 6 heteroatoms. The SMILES string of the molecule is N[C@@H]1CCCCN(c2nnnn2-c2ccc(-c3ccccc3)cc2)C1. The number of hydrogen-bond donors (Lipinski definition) is 1. The lowest BCUT2D eigenvalue weighted by atomic mass is 10.1. The second kappa shape index (κ2) is 7.03. The Bertz CT molecular complexity index is 811. The van der Waals surface area contributed by atoms with E-state index in [2.05, 4.69) is 56.8 Å². The van der Waals surface area contributed by atoms with Crippen molar-refractivity contribution in [2.24, 2.45) is 5.73 Å². The molecule has 1 saturated heterocycles. The Morgan fingerprint density at radius 3 is 2.48 bits per heavy atom. The van der Waals surface area contributed by atoms with E-state index in [0.717, 1.165) is 44.0 Å². The largest absolute Gasteiger partial charge is 0.338 e. The molecule has 6 nitrogen and oxygen atoms in total. The summed E-state index contributed by atoms with van der Waals surface area (Å²) in [6.45, 7) is 1.73. The fourth-order valence-electron chi connectivity index (χ4n) is 3.33. The molecule has 0 aliphatic carbocycles. The van der Waals surface area contributed by atoms with E-state index in [9.17, 15) is 0 Å². The number of rotatable bonds is 3. The molecule has 2 N–H and O–H groups in total. The van der Waals surface area contributed by atoms with E-state index in [0.29, 0.717) is 0 Å². The summed E-state index contributed by atoms with van der Waals surface area (Å²) in [7, 11) is 0. The number of aromatic nitrogens is 4. The average molecular weight is 334 g/mol. The predicted molar refractivity (Wildman–Crippen MR) is 98.6 cm³/mol. The number of tetrazole rings is 1. The van der Waals surface area contributed by atoms with Crippen molar-refractivity contribution >= 4 is 5.95 Å². The molecule has 4 rings (SSSR count).